The number of rotatable bonds is 5. The van der Waals surface area contributed by atoms with Crippen molar-refractivity contribution in [2.75, 3.05) is 18.6 Å². The fourth-order valence-electron chi connectivity index (χ4n) is 2.43. The molecule has 1 amide bonds. The van der Waals surface area contributed by atoms with Crippen LogP contribution < -0.4 is 5.32 Å². The molecule has 19 heavy (non-hydrogen) atoms. The first-order valence-corrected chi connectivity index (χ1v) is 8.49. The van der Waals surface area contributed by atoms with Crippen molar-refractivity contribution >= 4 is 21.7 Å². The highest BCUT2D eigenvalue weighted by Crippen LogP contribution is 2.34. The summed E-state index contributed by atoms with van der Waals surface area (Å²) in [6.07, 6.45) is 5.70. The van der Waals surface area contributed by atoms with Gasteiger partial charge in [-0.2, -0.15) is 0 Å². The molecule has 0 heterocycles. The fourth-order valence-corrected chi connectivity index (χ4v) is 3.01. The Hall–Kier alpha value is -1.11. The number of nitrogens with one attached hydrogen (secondary N) is 1. The first-order valence-electron chi connectivity index (χ1n) is 6.43. The third-order valence-electron chi connectivity index (χ3n) is 3.53. The summed E-state index contributed by atoms with van der Waals surface area (Å²) >= 11 is 0. The molecule has 0 radical (unpaired) electrons. The number of aliphatic carboxylic acids is 1. The molecule has 1 aliphatic carbocycles. The molecule has 2 N–H and O–H groups in total. The Balaban J connectivity index is 2.64. The molecule has 1 aliphatic rings. The smallest absolute Gasteiger partial charge is 0.311 e. The second-order valence-electron chi connectivity index (χ2n) is 5.35. The molecule has 0 bridgehead atoms. The molecule has 0 aliphatic heterocycles. The molecule has 0 saturated heterocycles. The van der Waals surface area contributed by atoms with E-state index >= 15 is 0 Å². The van der Waals surface area contributed by atoms with Crippen molar-refractivity contribution in [1.29, 1.82) is 0 Å². The molecule has 0 aromatic heterocycles. The normalized spacial score (nSPS) is 19.4. The monoisotopic (exact) mass is 291 g/mol. The molecular formula is C12H21NO5S. The van der Waals surface area contributed by atoms with Crippen molar-refractivity contribution in [3.05, 3.63) is 0 Å². The predicted octanol–water partition coefficient (Wildman–Crippen LogP) is 0.572. The Morgan fingerprint density at radius 2 is 1.68 bits per heavy atom. The first kappa shape index (κ1) is 15.9. The first-order chi connectivity index (χ1) is 8.75. The third kappa shape index (κ3) is 5.18. The average Bonchev–Trinajstić information content (AvgIpc) is 2.50. The van der Waals surface area contributed by atoms with Crippen molar-refractivity contribution in [1.82, 2.24) is 5.32 Å². The van der Waals surface area contributed by atoms with Crippen LogP contribution in [-0.4, -0.2) is 44.0 Å². The second-order valence-corrected chi connectivity index (χ2v) is 7.49. The van der Waals surface area contributed by atoms with Crippen LogP contribution in [0.25, 0.3) is 0 Å². The number of sulfone groups is 1. The van der Waals surface area contributed by atoms with Crippen molar-refractivity contribution < 1.29 is 23.1 Å². The summed E-state index contributed by atoms with van der Waals surface area (Å²) < 4.78 is 22.0. The molecule has 0 atom stereocenters. The quantitative estimate of drug-likeness (QED) is 0.721. The van der Waals surface area contributed by atoms with E-state index in [0.29, 0.717) is 12.8 Å². The van der Waals surface area contributed by atoms with Crippen LogP contribution in [0, 0.1) is 5.41 Å². The van der Waals surface area contributed by atoms with Crippen LogP contribution >= 0.6 is 0 Å². The van der Waals surface area contributed by atoms with E-state index in [9.17, 15) is 23.1 Å². The summed E-state index contributed by atoms with van der Waals surface area (Å²) in [5.41, 5.74) is -0.941. The van der Waals surface area contributed by atoms with Crippen molar-refractivity contribution in [2.45, 2.75) is 38.5 Å². The van der Waals surface area contributed by atoms with Crippen LogP contribution in [0.1, 0.15) is 38.5 Å². The summed E-state index contributed by atoms with van der Waals surface area (Å²) in [7, 11) is -3.38. The van der Waals surface area contributed by atoms with Crippen LogP contribution in [0.15, 0.2) is 0 Å². The zero-order chi connectivity index (χ0) is 14.5. The van der Waals surface area contributed by atoms with Crippen LogP contribution in [-0.2, 0) is 19.4 Å². The standard InChI is InChI=1S/C12H21NO5S/c1-19(17,18)8-10(14)13-9-12(11(15)16)6-4-2-3-5-7-12/h2-9H2,1H3,(H,13,14)(H,15,16). The van der Waals surface area contributed by atoms with Crippen LogP contribution in [0.5, 0.6) is 0 Å². The Morgan fingerprint density at radius 3 is 2.11 bits per heavy atom. The van der Waals surface area contributed by atoms with E-state index in [1.165, 1.54) is 0 Å². The van der Waals surface area contributed by atoms with Gasteiger partial charge in [0.2, 0.25) is 5.91 Å². The van der Waals surface area contributed by atoms with Gasteiger partial charge in [0.1, 0.15) is 5.75 Å². The zero-order valence-electron chi connectivity index (χ0n) is 11.1. The molecule has 0 aromatic rings. The molecule has 1 rings (SSSR count). The van der Waals surface area contributed by atoms with Crippen molar-refractivity contribution in [2.24, 2.45) is 5.41 Å². The summed E-state index contributed by atoms with van der Waals surface area (Å²) in [4.78, 5) is 22.9. The summed E-state index contributed by atoms with van der Waals surface area (Å²) in [6.45, 7) is 0.0106. The third-order valence-corrected chi connectivity index (χ3v) is 4.32. The molecule has 0 unspecified atom stereocenters. The highest BCUT2D eigenvalue weighted by molar-refractivity contribution is 7.91. The largest absolute Gasteiger partial charge is 0.481 e. The number of hydrogen-bond acceptors (Lipinski definition) is 4. The molecule has 0 spiro atoms. The maximum atomic E-state index is 11.5. The SMILES string of the molecule is CS(=O)(=O)CC(=O)NCC1(C(=O)O)CCCCCC1. The van der Waals surface area contributed by atoms with E-state index in [0.717, 1.165) is 31.9 Å². The molecule has 0 aromatic carbocycles. The topological polar surface area (TPSA) is 101 Å². The summed E-state index contributed by atoms with van der Waals surface area (Å²) in [5.74, 6) is -2.13. The maximum Gasteiger partial charge on any atom is 0.311 e. The van der Waals surface area contributed by atoms with Gasteiger partial charge in [0.15, 0.2) is 9.84 Å². The summed E-state index contributed by atoms with van der Waals surface area (Å²) in [5, 5.41) is 11.8. The molecule has 6 nitrogen and oxygen atoms in total. The van der Waals surface area contributed by atoms with Gasteiger partial charge >= 0.3 is 5.97 Å². The number of carboxylic acids is 1. The minimum Gasteiger partial charge on any atom is -0.481 e. The zero-order valence-corrected chi connectivity index (χ0v) is 12.0. The van der Waals surface area contributed by atoms with Crippen molar-refractivity contribution in [3.8, 4) is 0 Å². The lowest BCUT2D eigenvalue weighted by molar-refractivity contribution is -0.149. The van der Waals surface area contributed by atoms with E-state index in [4.69, 9.17) is 0 Å². The number of amides is 1. The van der Waals surface area contributed by atoms with Gasteiger partial charge in [-0.05, 0) is 12.8 Å². The Labute approximate surface area is 113 Å². The van der Waals surface area contributed by atoms with E-state index in [2.05, 4.69) is 5.32 Å². The number of carbonyl (C=O) groups is 2. The van der Waals surface area contributed by atoms with Gasteiger partial charge in [-0.15, -0.1) is 0 Å². The highest BCUT2D eigenvalue weighted by Gasteiger charge is 2.38. The molecule has 1 saturated carbocycles. The van der Waals surface area contributed by atoms with E-state index < -0.39 is 32.9 Å². The van der Waals surface area contributed by atoms with Gasteiger partial charge in [-0.3, -0.25) is 9.59 Å². The van der Waals surface area contributed by atoms with Gasteiger partial charge in [0, 0.05) is 12.8 Å². The number of carboxylic acid groups (broad SMARTS) is 1. The lowest BCUT2D eigenvalue weighted by Crippen LogP contribution is -2.44. The molecule has 7 heteroatoms. The minimum absolute atomic E-state index is 0.0106. The molecule has 110 valence electrons. The molecular weight excluding hydrogens is 270 g/mol. The van der Waals surface area contributed by atoms with Gasteiger partial charge in [-0.25, -0.2) is 8.42 Å². The van der Waals surface area contributed by atoms with Crippen LogP contribution in [0.2, 0.25) is 0 Å². The van der Waals surface area contributed by atoms with E-state index in [1.54, 1.807) is 0 Å². The minimum atomic E-state index is -3.38. The summed E-state index contributed by atoms with van der Waals surface area (Å²) in [6, 6.07) is 0. The molecule has 1 fully saturated rings. The lowest BCUT2D eigenvalue weighted by atomic mass is 9.80. The Morgan fingerprint density at radius 1 is 1.16 bits per heavy atom. The Kier molecular flexibility index (Phi) is 5.34. The average molecular weight is 291 g/mol. The predicted molar refractivity (Wildman–Crippen MR) is 70.5 cm³/mol. The highest BCUT2D eigenvalue weighted by atomic mass is 32.2. The van der Waals surface area contributed by atoms with Crippen molar-refractivity contribution in [3.63, 3.8) is 0 Å². The lowest BCUT2D eigenvalue weighted by Gasteiger charge is -2.28. The van der Waals surface area contributed by atoms with Crippen LogP contribution in [0.4, 0.5) is 0 Å². The number of carbonyl (C=O) groups excluding carboxylic acids is 1. The van der Waals surface area contributed by atoms with E-state index in [-0.39, 0.29) is 6.54 Å². The maximum absolute atomic E-state index is 11.5. The van der Waals surface area contributed by atoms with Gasteiger partial charge in [0.25, 0.3) is 0 Å². The van der Waals surface area contributed by atoms with Gasteiger partial charge in [0.05, 0.1) is 5.41 Å². The second kappa shape index (κ2) is 6.36. The number of hydrogen-bond donors (Lipinski definition) is 2. The van der Waals surface area contributed by atoms with Crippen LogP contribution in [0.3, 0.4) is 0 Å². The van der Waals surface area contributed by atoms with E-state index in [1.807, 2.05) is 0 Å². The van der Waals surface area contributed by atoms with Gasteiger partial charge in [-0.1, -0.05) is 25.7 Å². The van der Waals surface area contributed by atoms with Gasteiger partial charge < -0.3 is 10.4 Å². The Bertz CT molecular complexity index is 435. The fraction of sp³-hybridized carbons (Fsp3) is 0.833.